The monoisotopic (exact) mass is 272 g/mol. The first kappa shape index (κ1) is 12.8. The second-order valence-corrected chi connectivity index (χ2v) is 5.12. The summed E-state index contributed by atoms with van der Waals surface area (Å²) in [5.74, 6) is 1.38. The Morgan fingerprint density at radius 3 is 2.90 bits per heavy atom. The molecule has 0 aliphatic heterocycles. The number of hydrogen-bond donors (Lipinski definition) is 1. The fourth-order valence-electron chi connectivity index (χ4n) is 1.93. The first-order valence-corrected chi connectivity index (χ1v) is 6.71. The second kappa shape index (κ2) is 5.03. The van der Waals surface area contributed by atoms with Crippen LogP contribution >= 0.6 is 0 Å². The van der Waals surface area contributed by atoms with Crippen molar-refractivity contribution < 1.29 is 9.32 Å². The molecule has 20 heavy (non-hydrogen) atoms. The van der Waals surface area contributed by atoms with E-state index in [1.54, 1.807) is 12.1 Å². The fourth-order valence-corrected chi connectivity index (χ4v) is 1.93. The van der Waals surface area contributed by atoms with E-state index in [0.717, 1.165) is 24.4 Å². The SMILES string of the molecule is Cc1cccc(C(=O)N[C@@H](C)c2nc(C3CC3)no2)n1. The first-order chi connectivity index (χ1) is 9.63. The predicted molar refractivity (Wildman–Crippen MR) is 71.1 cm³/mol. The highest BCUT2D eigenvalue weighted by atomic mass is 16.5. The molecule has 0 bridgehead atoms. The number of aryl methyl sites for hydroxylation is 1. The van der Waals surface area contributed by atoms with E-state index in [0.29, 0.717) is 17.5 Å². The van der Waals surface area contributed by atoms with Crippen LogP contribution < -0.4 is 5.32 Å². The topological polar surface area (TPSA) is 80.9 Å². The van der Waals surface area contributed by atoms with E-state index in [1.807, 2.05) is 19.9 Å². The van der Waals surface area contributed by atoms with Crippen molar-refractivity contribution in [3.05, 3.63) is 41.3 Å². The van der Waals surface area contributed by atoms with E-state index in [2.05, 4.69) is 20.4 Å². The van der Waals surface area contributed by atoms with Crippen molar-refractivity contribution in [2.24, 2.45) is 0 Å². The predicted octanol–water partition coefficient (Wildman–Crippen LogP) is 2.14. The van der Waals surface area contributed by atoms with Crippen molar-refractivity contribution in [2.75, 3.05) is 0 Å². The zero-order chi connectivity index (χ0) is 14.1. The summed E-state index contributed by atoms with van der Waals surface area (Å²) >= 11 is 0. The number of carbonyl (C=O) groups is 1. The number of amides is 1. The Bertz CT molecular complexity index is 634. The summed E-state index contributed by atoms with van der Waals surface area (Å²) in [5, 5.41) is 6.76. The number of rotatable bonds is 4. The fraction of sp³-hybridized carbons (Fsp3) is 0.429. The number of aromatic nitrogens is 3. The lowest BCUT2D eigenvalue weighted by molar-refractivity contribution is 0.0927. The van der Waals surface area contributed by atoms with Crippen LogP contribution in [0, 0.1) is 6.92 Å². The normalized spacial score (nSPS) is 15.9. The van der Waals surface area contributed by atoms with Gasteiger partial charge in [0.05, 0.1) is 0 Å². The number of pyridine rings is 1. The van der Waals surface area contributed by atoms with Crippen LogP contribution in [0.4, 0.5) is 0 Å². The Labute approximate surface area is 116 Å². The third-order valence-electron chi connectivity index (χ3n) is 3.24. The number of nitrogens with zero attached hydrogens (tertiary/aromatic N) is 3. The Morgan fingerprint density at radius 1 is 1.40 bits per heavy atom. The molecule has 1 saturated carbocycles. The van der Waals surface area contributed by atoms with Gasteiger partial charge < -0.3 is 9.84 Å². The summed E-state index contributed by atoms with van der Waals surface area (Å²) in [4.78, 5) is 20.6. The van der Waals surface area contributed by atoms with Gasteiger partial charge in [0.15, 0.2) is 5.82 Å². The minimum absolute atomic E-state index is 0.243. The molecular formula is C14H16N4O2. The van der Waals surface area contributed by atoms with Crippen molar-refractivity contribution in [3.8, 4) is 0 Å². The molecule has 6 nitrogen and oxygen atoms in total. The van der Waals surface area contributed by atoms with E-state index in [9.17, 15) is 4.79 Å². The van der Waals surface area contributed by atoms with E-state index < -0.39 is 0 Å². The van der Waals surface area contributed by atoms with Crippen LogP contribution in [0.2, 0.25) is 0 Å². The average molecular weight is 272 g/mol. The molecule has 6 heteroatoms. The lowest BCUT2D eigenvalue weighted by atomic mass is 10.2. The zero-order valence-electron chi connectivity index (χ0n) is 11.5. The van der Waals surface area contributed by atoms with E-state index in [-0.39, 0.29) is 11.9 Å². The lowest BCUT2D eigenvalue weighted by Gasteiger charge is -2.09. The lowest BCUT2D eigenvalue weighted by Crippen LogP contribution is -2.27. The third-order valence-corrected chi connectivity index (χ3v) is 3.24. The molecule has 0 radical (unpaired) electrons. The Hall–Kier alpha value is -2.24. The van der Waals surface area contributed by atoms with Gasteiger partial charge in [0.25, 0.3) is 5.91 Å². The molecule has 1 aliphatic rings. The third kappa shape index (κ3) is 2.68. The number of hydrogen-bond acceptors (Lipinski definition) is 5. The molecule has 1 fully saturated rings. The number of carbonyl (C=O) groups excluding carboxylic acids is 1. The van der Waals surface area contributed by atoms with Crippen molar-refractivity contribution >= 4 is 5.91 Å². The molecule has 1 aliphatic carbocycles. The summed E-state index contributed by atoms with van der Waals surface area (Å²) in [7, 11) is 0. The zero-order valence-corrected chi connectivity index (χ0v) is 11.5. The quantitative estimate of drug-likeness (QED) is 0.922. The van der Waals surface area contributed by atoms with Gasteiger partial charge in [-0.25, -0.2) is 4.98 Å². The molecular weight excluding hydrogens is 256 g/mol. The summed E-state index contributed by atoms with van der Waals surface area (Å²) in [6.07, 6.45) is 2.24. The molecule has 2 aromatic heterocycles. The maximum absolute atomic E-state index is 12.1. The standard InChI is InChI=1S/C14H16N4O2/c1-8-4-3-5-11(15-8)13(19)16-9(2)14-17-12(18-20-14)10-6-7-10/h3-5,9-10H,6-7H2,1-2H3,(H,16,19)/t9-/m0/s1. The van der Waals surface area contributed by atoms with E-state index >= 15 is 0 Å². The largest absolute Gasteiger partial charge is 0.339 e. The minimum Gasteiger partial charge on any atom is -0.339 e. The van der Waals surface area contributed by atoms with Crippen LogP contribution in [0.1, 0.15) is 59.6 Å². The molecule has 1 N–H and O–H groups in total. The van der Waals surface area contributed by atoms with Crippen LogP contribution in [-0.2, 0) is 0 Å². The molecule has 3 rings (SSSR count). The van der Waals surface area contributed by atoms with Gasteiger partial charge in [0.2, 0.25) is 5.89 Å². The van der Waals surface area contributed by atoms with Crippen molar-refractivity contribution in [2.45, 2.75) is 38.6 Å². The summed E-state index contributed by atoms with van der Waals surface area (Å²) in [5.41, 5.74) is 1.19. The summed E-state index contributed by atoms with van der Waals surface area (Å²) in [6, 6.07) is 5.00. The molecule has 0 aromatic carbocycles. The van der Waals surface area contributed by atoms with Gasteiger partial charge in [-0.1, -0.05) is 11.2 Å². The van der Waals surface area contributed by atoms with Crippen molar-refractivity contribution in [1.29, 1.82) is 0 Å². The van der Waals surface area contributed by atoms with Crippen LogP contribution in [0.25, 0.3) is 0 Å². The Morgan fingerprint density at radius 2 is 2.20 bits per heavy atom. The highest BCUT2D eigenvalue weighted by Gasteiger charge is 2.29. The molecule has 1 atom stereocenters. The van der Waals surface area contributed by atoms with Gasteiger partial charge in [0.1, 0.15) is 11.7 Å². The second-order valence-electron chi connectivity index (χ2n) is 5.12. The van der Waals surface area contributed by atoms with Crippen LogP contribution in [0.5, 0.6) is 0 Å². The molecule has 1 amide bonds. The summed E-state index contributed by atoms with van der Waals surface area (Å²) < 4.78 is 5.19. The molecule has 0 spiro atoms. The Balaban J connectivity index is 1.68. The van der Waals surface area contributed by atoms with Gasteiger partial charge in [-0.3, -0.25) is 4.79 Å². The van der Waals surface area contributed by atoms with Crippen LogP contribution in [0.3, 0.4) is 0 Å². The van der Waals surface area contributed by atoms with Crippen LogP contribution in [0.15, 0.2) is 22.7 Å². The van der Waals surface area contributed by atoms with E-state index in [1.165, 1.54) is 0 Å². The molecule has 0 saturated heterocycles. The number of nitrogens with one attached hydrogen (secondary N) is 1. The maximum Gasteiger partial charge on any atom is 0.270 e. The molecule has 104 valence electrons. The van der Waals surface area contributed by atoms with Gasteiger partial charge in [-0.05, 0) is 38.8 Å². The van der Waals surface area contributed by atoms with Crippen molar-refractivity contribution in [1.82, 2.24) is 20.4 Å². The molecule has 0 unspecified atom stereocenters. The first-order valence-electron chi connectivity index (χ1n) is 6.71. The highest BCUT2D eigenvalue weighted by Crippen LogP contribution is 2.38. The van der Waals surface area contributed by atoms with Gasteiger partial charge in [0, 0.05) is 11.6 Å². The van der Waals surface area contributed by atoms with Gasteiger partial charge in [-0.2, -0.15) is 4.98 Å². The summed E-state index contributed by atoms with van der Waals surface area (Å²) in [6.45, 7) is 3.66. The van der Waals surface area contributed by atoms with Crippen molar-refractivity contribution in [3.63, 3.8) is 0 Å². The average Bonchev–Trinajstić information content (AvgIpc) is 3.16. The van der Waals surface area contributed by atoms with E-state index in [4.69, 9.17) is 4.52 Å². The molecule has 2 aromatic rings. The Kier molecular flexibility index (Phi) is 3.22. The maximum atomic E-state index is 12.1. The smallest absolute Gasteiger partial charge is 0.270 e. The minimum atomic E-state index is -0.329. The molecule has 2 heterocycles. The van der Waals surface area contributed by atoms with Crippen LogP contribution in [-0.4, -0.2) is 21.0 Å². The van der Waals surface area contributed by atoms with Gasteiger partial charge in [-0.15, -0.1) is 0 Å². The highest BCUT2D eigenvalue weighted by molar-refractivity contribution is 5.92. The van der Waals surface area contributed by atoms with Gasteiger partial charge >= 0.3 is 0 Å².